The van der Waals surface area contributed by atoms with Gasteiger partial charge in [-0.3, -0.25) is 0 Å². The van der Waals surface area contributed by atoms with Crippen LogP contribution in [0.3, 0.4) is 0 Å². The quantitative estimate of drug-likeness (QED) is 0.796. The Bertz CT molecular complexity index is 722. The second kappa shape index (κ2) is 5.89. The van der Waals surface area contributed by atoms with Gasteiger partial charge in [0.15, 0.2) is 0 Å². The highest BCUT2D eigenvalue weighted by molar-refractivity contribution is 5.55. The Hall–Kier alpha value is -2.46. The molecular weight excluding hydrogens is 262 g/mol. The number of rotatable bonds is 4. The van der Waals surface area contributed by atoms with Crippen LogP contribution in [0.1, 0.15) is 23.1 Å². The van der Waals surface area contributed by atoms with Crippen molar-refractivity contribution in [2.75, 3.05) is 0 Å². The maximum atomic E-state index is 6.15. The molecule has 0 saturated carbocycles. The van der Waals surface area contributed by atoms with Crippen molar-refractivity contribution < 1.29 is 4.52 Å². The first-order valence-corrected chi connectivity index (χ1v) is 6.92. The molecule has 0 unspecified atom stereocenters. The molecule has 3 aromatic rings. The van der Waals surface area contributed by atoms with Crippen molar-refractivity contribution in [3.63, 3.8) is 0 Å². The van der Waals surface area contributed by atoms with Crippen molar-refractivity contribution in [3.05, 3.63) is 71.6 Å². The summed E-state index contributed by atoms with van der Waals surface area (Å²) in [4.78, 5) is 4.41. The van der Waals surface area contributed by atoms with Gasteiger partial charge in [0.25, 0.3) is 0 Å². The summed E-state index contributed by atoms with van der Waals surface area (Å²) in [5, 5.41) is 4.02. The fourth-order valence-corrected chi connectivity index (χ4v) is 2.24. The molecule has 0 fully saturated rings. The zero-order valence-electron chi connectivity index (χ0n) is 11.9. The largest absolute Gasteiger partial charge is 0.337 e. The average Bonchev–Trinajstić information content (AvgIpc) is 2.98. The maximum Gasteiger partial charge on any atom is 0.244 e. The topological polar surface area (TPSA) is 64.9 Å². The van der Waals surface area contributed by atoms with Gasteiger partial charge in [-0.25, -0.2) is 0 Å². The van der Waals surface area contributed by atoms with Crippen LogP contribution in [-0.4, -0.2) is 10.1 Å². The van der Waals surface area contributed by atoms with E-state index < -0.39 is 0 Å². The Labute approximate surface area is 123 Å². The molecule has 0 aliphatic carbocycles. The Morgan fingerprint density at radius 1 is 1.10 bits per heavy atom. The monoisotopic (exact) mass is 279 g/mol. The molecule has 106 valence electrons. The summed E-state index contributed by atoms with van der Waals surface area (Å²) in [6, 6.07) is 17.8. The zero-order chi connectivity index (χ0) is 14.7. The standard InChI is InChI=1S/C17H17N3O/c1-12-6-5-9-14(10-12)16-19-17(21-20-16)15(18)11-13-7-3-2-4-8-13/h2-10,15H,11,18H2,1H3/t15-/m1/s1. The average molecular weight is 279 g/mol. The number of hydrogen-bond acceptors (Lipinski definition) is 4. The lowest BCUT2D eigenvalue weighted by molar-refractivity contribution is 0.354. The van der Waals surface area contributed by atoms with Gasteiger partial charge in [-0.15, -0.1) is 0 Å². The second-order valence-electron chi connectivity index (χ2n) is 5.12. The molecule has 2 aromatic carbocycles. The number of hydrogen-bond donors (Lipinski definition) is 1. The van der Waals surface area contributed by atoms with Gasteiger partial charge in [-0.1, -0.05) is 59.3 Å². The third-order valence-corrected chi connectivity index (χ3v) is 3.33. The van der Waals surface area contributed by atoms with Crippen LogP contribution < -0.4 is 5.73 Å². The second-order valence-corrected chi connectivity index (χ2v) is 5.12. The van der Waals surface area contributed by atoms with E-state index in [9.17, 15) is 0 Å². The lowest BCUT2D eigenvalue weighted by Crippen LogP contribution is -2.13. The lowest BCUT2D eigenvalue weighted by Gasteiger charge is -2.05. The Balaban J connectivity index is 1.78. The molecular formula is C17H17N3O. The Morgan fingerprint density at radius 3 is 2.67 bits per heavy atom. The van der Waals surface area contributed by atoms with Crippen LogP contribution in [-0.2, 0) is 6.42 Å². The molecule has 0 radical (unpaired) electrons. The first-order valence-electron chi connectivity index (χ1n) is 6.92. The number of nitrogens with zero attached hydrogens (tertiary/aromatic N) is 2. The van der Waals surface area contributed by atoms with Crippen LogP contribution in [0.25, 0.3) is 11.4 Å². The van der Waals surface area contributed by atoms with Crippen molar-refractivity contribution in [2.24, 2.45) is 5.73 Å². The van der Waals surface area contributed by atoms with Crippen LogP contribution in [0.4, 0.5) is 0 Å². The van der Waals surface area contributed by atoms with Crippen molar-refractivity contribution in [1.29, 1.82) is 0 Å². The van der Waals surface area contributed by atoms with E-state index >= 15 is 0 Å². The minimum atomic E-state index is -0.293. The number of nitrogens with two attached hydrogens (primary N) is 1. The van der Waals surface area contributed by atoms with Gasteiger partial charge in [-0.2, -0.15) is 4.98 Å². The number of aryl methyl sites for hydroxylation is 1. The summed E-state index contributed by atoms with van der Waals surface area (Å²) in [7, 11) is 0. The van der Waals surface area contributed by atoms with Crippen LogP contribution in [0.15, 0.2) is 59.1 Å². The lowest BCUT2D eigenvalue weighted by atomic mass is 10.1. The zero-order valence-corrected chi connectivity index (χ0v) is 11.9. The summed E-state index contributed by atoms with van der Waals surface area (Å²) in [6.45, 7) is 2.03. The predicted octanol–water partition coefficient (Wildman–Crippen LogP) is 3.29. The van der Waals surface area contributed by atoms with Gasteiger partial charge >= 0.3 is 0 Å². The molecule has 4 nitrogen and oxygen atoms in total. The van der Waals surface area contributed by atoms with Crippen LogP contribution in [0, 0.1) is 6.92 Å². The third kappa shape index (κ3) is 3.17. The van der Waals surface area contributed by atoms with E-state index in [-0.39, 0.29) is 6.04 Å². The molecule has 0 bridgehead atoms. The smallest absolute Gasteiger partial charge is 0.244 e. The number of benzene rings is 2. The van der Waals surface area contributed by atoms with Crippen molar-refractivity contribution in [3.8, 4) is 11.4 Å². The fourth-order valence-electron chi connectivity index (χ4n) is 2.24. The first kappa shape index (κ1) is 13.5. The third-order valence-electron chi connectivity index (χ3n) is 3.33. The van der Waals surface area contributed by atoms with E-state index in [2.05, 4.69) is 10.1 Å². The number of aromatic nitrogens is 2. The summed E-state index contributed by atoms with van der Waals surface area (Å²) in [5.74, 6) is 1.05. The molecule has 2 N–H and O–H groups in total. The molecule has 4 heteroatoms. The molecule has 21 heavy (non-hydrogen) atoms. The van der Waals surface area contributed by atoms with Gasteiger partial charge in [-0.05, 0) is 25.0 Å². The highest BCUT2D eigenvalue weighted by atomic mass is 16.5. The molecule has 0 aliphatic rings. The summed E-state index contributed by atoms with van der Waals surface area (Å²) >= 11 is 0. The van der Waals surface area contributed by atoms with Crippen LogP contribution in [0.2, 0.25) is 0 Å². The van der Waals surface area contributed by atoms with E-state index in [1.165, 1.54) is 0 Å². The van der Waals surface area contributed by atoms with Crippen molar-refractivity contribution >= 4 is 0 Å². The summed E-state index contributed by atoms with van der Waals surface area (Å²) in [5.41, 5.74) is 9.41. The molecule has 0 amide bonds. The van der Waals surface area contributed by atoms with Gasteiger partial charge < -0.3 is 10.3 Å². The molecule has 1 atom stereocenters. The fraction of sp³-hybridized carbons (Fsp3) is 0.176. The molecule has 1 heterocycles. The minimum Gasteiger partial charge on any atom is -0.337 e. The Kier molecular flexibility index (Phi) is 3.79. The van der Waals surface area contributed by atoms with Gasteiger partial charge in [0.2, 0.25) is 11.7 Å². The maximum absolute atomic E-state index is 6.15. The molecule has 3 rings (SSSR count). The van der Waals surface area contributed by atoms with E-state index in [0.717, 1.165) is 16.7 Å². The normalized spacial score (nSPS) is 12.3. The minimum absolute atomic E-state index is 0.293. The van der Waals surface area contributed by atoms with Crippen molar-refractivity contribution in [2.45, 2.75) is 19.4 Å². The summed E-state index contributed by atoms with van der Waals surface area (Å²) in [6.07, 6.45) is 0.677. The molecule has 1 aromatic heterocycles. The molecule has 0 saturated heterocycles. The highest BCUT2D eigenvalue weighted by Crippen LogP contribution is 2.20. The van der Waals surface area contributed by atoms with Gasteiger partial charge in [0.1, 0.15) is 0 Å². The van der Waals surface area contributed by atoms with E-state index in [1.54, 1.807) is 0 Å². The first-order chi connectivity index (χ1) is 10.2. The van der Waals surface area contributed by atoms with Crippen molar-refractivity contribution in [1.82, 2.24) is 10.1 Å². The van der Waals surface area contributed by atoms with Gasteiger partial charge in [0.05, 0.1) is 6.04 Å². The van der Waals surface area contributed by atoms with Gasteiger partial charge in [0, 0.05) is 5.56 Å². The predicted molar refractivity (Wildman–Crippen MR) is 81.5 cm³/mol. The van der Waals surface area contributed by atoms with Crippen LogP contribution >= 0.6 is 0 Å². The highest BCUT2D eigenvalue weighted by Gasteiger charge is 2.16. The molecule has 0 spiro atoms. The van der Waals surface area contributed by atoms with E-state index in [0.29, 0.717) is 18.1 Å². The molecule has 0 aliphatic heterocycles. The Morgan fingerprint density at radius 2 is 1.90 bits per heavy atom. The summed E-state index contributed by atoms with van der Waals surface area (Å²) < 4.78 is 5.31. The van der Waals surface area contributed by atoms with E-state index in [4.69, 9.17) is 10.3 Å². The SMILES string of the molecule is Cc1cccc(-c2noc([C@H](N)Cc3ccccc3)n2)c1. The van der Waals surface area contributed by atoms with Crippen LogP contribution in [0.5, 0.6) is 0 Å². The van der Waals surface area contributed by atoms with E-state index in [1.807, 2.05) is 61.5 Å².